The van der Waals surface area contributed by atoms with E-state index in [-0.39, 0.29) is 11.7 Å². The van der Waals surface area contributed by atoms with Crippen molar-refractivity contribution in [3.05, 3.63) is 59.5 Å². The molecule has 1 aliphatic rings. The summed E-state index contributed by atoms with van der Waals surface area (Å²) in [5.41, 5.74) is 1.59. The zero-order valence-corrected chi connectivity index (χ0v) is 13.3. The number of rotatable bonds is 2. The molecular weight excluding hydrogens is 307 g/mol. The molecule has 1 aromatic heterocycles. The molecule has 0 unspecified atom stereocenters. The van der Waals surface area contributed by atoms with E-state index in [0.29, 0.717) is 16.8 Å². The van der Waals surface area contributed by atoms with Crippen molar-refractivity contribution in [2.24, 2.45) is 0 Å². The number of aromatic nitrogens is 2. The van der Waals surface area contributed by atoms with Gasteiger partial charge in [-0.15, -0.1) is 0 Å². The van der Waals surface area contributed by atoms with Gasteiger partial charge in [0.1, 0.15) is 5.82 Å². The van der Waals surface area contributed by atoms with E-state index in [4.69, 9.17) is 0 Å². The summed E-state index contributed by atoms with van der Waals surface area (Å²) in [6, 6.07) is 11.6. The molecule has 1 amide bonds. The largest absolute Gasteiger partial charge is 0.305 e. The van der Waals surface area contributed by atoms with E-state index in [1.54, 1.807) is 24.3 Å². The minimum Gasteiger partial charge on any atom is -0.305 e. The van der Waals surface area contributed by atoms with Gasteiger partial charge < -0.3 is 5.32 Å². The number of halogens is 1. The van der Waals surface area contributed by atoms with Crippen LogP contribution in [0.3, 0.4) is 0 Å². The van der Waals surface area contributed by atoms with Crippen molar-refractivity contribution in [2.75, 3.05) is 18.9 Å². The summed E-state index contributed by atoms with van der Waals surface area (Å²) in [4.78, 5) is 14.8. The van der Waals surface area contributed by atoms with Gasteiger partial charge in [0.15, 0.2) is 5.82 Å². The molecule has 6 heteroatoms. The number of likely N-dealkylation sites (N-methyl/N-ethyl adjacent to an activating group) is 1. The topological polar surface area (TPSA) is 50.2 Å². The number of nitrogens with zero attached hydrogens (tertiary/aromatic N) is 3. The van der Waals surface area contributed by atoms with Crippen LogP contribution in [-0.4, -0.2) is 34.2 Å². The van der Waals surface area contributed by atoms with Crippen molar-refractivity contribution in [2.45, 2.75) is 13.1 Å². The molecule has 0 spiro atoms. The molecule has 0 radical (unpaired) electrons. The van der Waals surface area contributed by atoms with Crippen LogP contribution in [-0.2, 0) is 13.1 Å². The molecule has 0 saturated heterocycles. The molecule has 4 rings (SSSR count). The van der Waals surface area contributed by atoms with Crippen LogP contribution in [0.1, 0.15) is 16.1 Å². The first kappa shape index (κ1) is 14.8. The molecule has 0 saturated carbocycles. The molecule has 2 aromatic carbocycles. The monoisotopic (exact) mass is 324 g/mol. The fraction of sp³-hybridized carbons (Fsp3) is 0.222. The molecule has 0 fully saturated rings. The highest BCUT2D eigenvalue weighted by molar-refractivity contribution is 6.12. The Balaban J connectivity index is 1.63. The molecule has 24 heavy (non-hydrogen) atoms. The van der Waals surface area contributed by atoms with Gasteiger partial charge in [0.2, 0.25) is 0 Å². The first-order valence-corrected chi connectivity index (χ1v) is 7.85. The summed E-state index contributed by atoms with van der Waals surface area (Å²) in [5.74, 6) is -0.00798. The van der Waals surface area contributed by atoms with Crippen molar-refractivity contribution in [3.8, 4) is 0 Å². The van der Waals surface area contributed by atoms with Crippen LogP contribution in [0.2, 0.25) is 0 Å². The minimum absolute atomic E-state index is 0.240. The highest BCUT2D eigenvalue weighted by atomic mass is 19.1. The van der Waals surface area contributed by atoms with Gasteiger partial charge in [0.05, 0.1) is 12.2 Å². The third kappa shape index (κ3) is 2.65. The van der Waals surface area contributed by atoms with Crippen LogP contribution >= 0.6 is 0 Å². The van der Waals surface area contributed by atoms with Gasteiger partial charge >= 0.3 is 0 Å². The highest BCUT2D eigenvalue weighted by Crippen LogP contribution is 2.22. The summed E-state index contributed by atoms with van der Waals surface area (Å²) < 4.78 is 15.3. The minimum atomic E-state index is -0.314. The number of benzene rings is 2. The smallest absolute Gasteiger partial charge is 0.257 e. The summed E-state index contributed by atoms with van der Waals surface area (Å²) >= 11 is 0. The molecule has 1 N–H and O–H groups in total. The first-order chi connectivity index (χ1) is 11.6. The van der Waals surface area contributed by atoms with E-state index >= 15 is 0 Å². The predicted molar refractivity (Wildman–Crippen MR) is 90.4 cm³/mol. The first-order valence-electron chi connectivity index (χ1n) is 7.85. The number of anilines is 1. The quantitative estimate of drug-likeness (QED) is 0.788. The van der Waals surface area contributed by atoms with Crippen molar-refractivity contribution in [1.29, 1.82) is 0 Å². The van der Waals surface area contributed by atoms with Gasteiger partial charge in [0, 0.05) is 24.7 Å². The predicted octanol–water partition coefficient (Wildman–Crippen LogP) is 2.87. The number of hydrogen-bond donors (Lipinski definition) is 1. The maximum absolute atomic E-state index is 13.4. The van der Waals surface area contributed by atoms with E-state index in [2.05, 4.69) is 22.4 Å². The van der Waals surface area contributed by atoms with Crippen LogP contribution in [0.5, 0.6) is 0 Å². The molecule has 2 heterocycles. The average Bonchev–Trinajstić information content (AvgIpc) is 2.95. The van der Waals surface area contributed by atoms with Crippen LogP contribution in [0.15, 0.2) is 42.5 Å². The summed E-state index contributed by atoms with van der Waals surface area (Å²) in [7, 11) is 2.06. The Labute approximate surface area is 138 Å². The fourth-order valence-corrected chi connectivity index (χ4v) is 3.09. The maximum Gasteiger partial charge on any atom is 0.257 e. The molecule has 1 aliphatic heterocycles. The van der Waals surface area contributed by atoms with E-state index < -0.39 is 0 Å². The summed E-state index contributed by atoms with van der Waals surface area (Å²) in [5, 5.41) is 8.72. The van der Waals surface area contributed by atoms with Crippen molar-refractivity contribution in [1.82, 2.24) is 14.7 Å². The van der Waals surface area contributed by atoms with Gasteiger partial charge in [-0.1, -0.05) is 18.2 Å². The lowest BCUT2D eigenvalue weighted by Crippen LogP contribution is -2.30. The Bertz CT molecular complexity index is 934. The second-order valence-electron chi connectivity index (χ2n) is 6.11. The van der Waals surface area contributed by atoms with Crippen molar-refractivity contribution >= 4 is 22.5 Å². The van der Waals surface area contributed by atoms with Gasteiger partial charge in [-0.25, -0.2) is 4.39 Å². The molecular formula is C18H17FN4O. The Kier molecular flexibility index (Phi) is 3.54. The van der Waals surface area contributed by atoms with Crippen LogP contribution in [0.4, 0.5) is 10.2 Å². The molecule has 0 aliphatic carbocycles. The lowest BCUT2D eigenvalue weighted by Gasteiger charge is -2.22. The molecule has 122 valence electrons. The number of carbonyl (C=O) groups excluding carboxylic acids is 1. The lowest BCUT2D eigenvalue weighted by molar-refractivity contribution is 0.102. The van der Waals surface area contributed by atoms with E-state index in [0.717, 1.165) is 30.7 Å². The molecule has 0 atom stereocenters. The number of amides is 1. The molecule has 5 nitrogen and oxygen atoms in total. The molecule has 0 bridgehead atoms. The second-order valence-corrected chi connectivity index (χ2v) is 6.11. The Morgan fingerprint density at radius 2 is 2.08 bits per heavy atom. The van der Waals surface area contributed by atoms with Gasteiger partial charge in [0.25, 0.3) is 5.91 Å². The van der Waals surface area contributed by atoms with Crippen LogP contribution in [0.25, 0.3) is 10.8 Å². The van der Waals surface area contributed by atoms with Gasteiger partial charge in [-0.05, 0) is 36.0 Å². The second kappa shape index (κ2) is 5.72. The summed E-state index contributed by atoms with van der Waals surface area (Å²) in [6.07, 6.45) is 0. The normalized spacial score (nSPS) is 14.6. The zero-order valence-electron chi connectivity index (χ0n) is 13.3. The van der Waals surface area contributed by atoms with Crippen LogP contribution in [0, 0.1) is 5.82 Å². The number of fused-ring (bicyclic) bond motifs is 2. The summed E-state index contributed by atoms with van der Waals surface area (Å²) in [6.45, 7) is 2.57. The van der Waals surface area contributed by atoms with Crippen LogP contribution < -0.4 is 5.32 Å². The lowest BCUT2D eigenvalue weighted by atomic mass is 10.0. The standard InChI is InChI=1S/C18H17FN4O/c1-22-7-8-23-14(11-22)10-17(21-23)20-18(24)16-4-2-3-12-9-13(19)5-6-15(12)16/h2-6,9-10H,7-8,11H2,1H3,(H,20,21,24). The third-order valence-electron chi connectivity index (χ3n) is 4.32. The zero-order chi connectivity index (χ0) is 16.7. The Morgan fingerprint density at radius 1 is 1.21 bits per heavy atom. The van der Waals surface area contributed by atoms with Crippen molar-refractivity contribution < 1.29 is 9.18 Å². The Hall–Kier alpha value is -2.73. The van der Waals surface area contributed by atoms with Gasteiger partial charge in [-0.2, -0.15) is 5.10 Å². The van der Waals surface area contributed by atoms with E-state index in [9.17, 15) is 9.18 Å². The van der Waals surface area contributed by atoms with Crippen molar-refractivity contribution in [3.63, 3.8) is 0 Å². The third-order valence-corrected chi connectivity index (χ3v) is 4.32. The highest BCUT2D eigenvalue weighted by Gasteiger charge is 2.17. The van der Waals surface area contributed by atoms with E-state index in [1.807, 2.05) is 10.7 Å². The Morgan fingerprint density at radius 3 is 2.96 bits per heavy atom. The number of nitrogens with one attached hydrogen (secondary N) is 1. The fourth-order valence-electron chi connectivity index (χ4n) is 3.09. The SMILES string of the molecule is CN1CCn2nc(NC(=O)c3cccc4cc(F)ccc34)cc2C1. The molecule has 3 aromatic rings. The maximum atomic E-state index is 13.4. The average molecular weight is 324 g/mol. The van der Waals surface area contributed by atoms with E-state index in [1.165, 1.54) is 12.1 Å². The van der Waals surface area contributed by atoms with Gasteiger partial charge in [-0.3, -0.25) is 14.4 Å². The number of carbonyl (C=O) groups is 1. The number of hydrogen-bond acceptors (Lipinski definition) is 3.